The molecule has 0 spiro atoms. The lowest BCUT2D eigenvalue weighted by Crippen LogP contribution is -2.43. The Balaban J connectivity index is 0.00000420. The Kier molecular flexibility index (Phi) is 11.3. The molecule has 0 aliphatic rings. The van der Waals surface area contributed by atoms with Crippen LogP contribution in [0.4, 0.5) is 0 Å². The summed E-state index contributed by atoms with van der Waals surface area (Å²) in [4.78, 5) is 17.3. The van der Waals surface area contributed by atoms with Crippen molar-refractivity contribution in [3.8, 4) is 0 Å². The number of aromatic nitrogens is 2. The number of carbonyl (C=O) groups is 1. The van der Waals surface area contributed by atoms with Crippen LogP contribution in [0.2, 0.25) is 0 Å². The van der Waals surface area contributed by atoms with Crippen LogP contribution in [0.25, 0.3) is 0 Å². The molecular formula is C20H33IN6OS. The van der Waals surface area contributed by atoms with Gasteiger partial charge in [-0.05, 0) is 57.5 Å². The molecule has 3 N–H and O–H groups in total. The molecule has 0 saturated heterocycles. The van der Waals surface area contributed by atoms with Crippen LogP contribution in [0.1, 0.15) is 46.9 Å². The molecule has 0 radical (unpaired) electrons. The Hall–Kier alpha value is -1.62. The van der Waals surface area contributed by atoms with Crippen molar-refractivity contribution in [1.29, 1.82) is 0 Å². The van der Waals surface area contributed by atoms with Gasteiger partial charge in [0.1, 0.15) is 0 Å². The summed E-state index contributed by atoms with van der Waals surface area (Å²) in [6.07, 6.45) is 1.69. The lowest BCUT2D eigenvalue weighted by molar-refractivity contribution is 0.0957. The summed E-state index contributed by atoms with van der Waals surface area (Å²) >= 11 is 1.45. The highest BCUT2D eigenvalue weighted by Crippen LogP contribution is 2.14. The van der Waals surface area contributed by atoms with Crippen molar-refractivity contribution in [3.63, 3.8) is 0 Å². The van der Waals surface area contributed by atoms with Gasteiger partial charge in [0.25, 0.3) is 5.91 Å². The van der Waals surface area contributed by atoms with Crippen molar-refractivity contribution in [2.45, 2.75) is 46.6 Å². The number of halogens is 1. The van der Waals surface area contributed by atoms with Crippen LogP contribution in [-0.4, -0.2) is 47.3 Å². The highest BCUT2D eigenvalue weighted by molar-refractivity contribution is 14.0. The van der Waals surface area contributed by atoms with E-state index in [0.29, 0.717) is 13.1 Å². The molecule has 2 rings (SSSR count). The summed E-state index contributed by atoms with van der Waals surface area (Å²) in [5.74, 6) is 0.790. The van der Waals surface area contributed by atoms with Crippen LogP contribution in [0.3, 0.4) is 0 Å². The Labute approximate surface area is 194 Å². The van der Waals surface area contributed by atoms with Crippen LogP contribution in [0, 0.1) is 13.8 Å². The molecule has 162 valence electrons. The number of nitrogens with one attached hydrogen (secondary N) is 3. The summed E-state index contributed by atoms with van der Waals surface area (Å²) in [5, 5.41) is 16.1. The standard InChI is InChI=1S/C20H32N6OS.HI/c1-6-21-20(23-11-8-10-22-19(27)18-9-7-12-28-18)24-14(2)13-17-15(3)25-26(5)16(17)4;/h7,9,12,14H,6,8,10-11,13H2,1-5H3,(H,22,27)(H2,21,23,24);1H. The number of guanidine groups is 1. The van der Waals surface area contributed by atoms with Gasteiger partial charge >= 0.3 is 0 Å². The zero-order valence-corrected chi connectivity index (χ0v) is 21.1. The number of hydrogen-bond donors (Lipinski definition) is 3. The van der Waals surface area contributed by atoms with Gasteiger partial charge in [-0.3, -0.25) is 14.5 Å². The minimum Gasteiger partial charge on any atom is -0.357 e. The van der Waals surface area contributed by atoms with Gasteiger partial charge in [0.05, 0.1) is 10.6 Å². The molecule has 0 aromatic carbocycles. The SMILES string of the molecule is CCNC(=NCCCNC(=O)c1cccs1)NC(C)Cc1c(C)nn(C)c1C.I. The fraction of sp³-hybridized carbons (Fsp3) is 0.550. The summed E-state index contributed by atoms with van der Waals surface area (Å²) in [7, 11) is 1.98. The van der Waals surface area contributed by atoms with E-state index in [1.165, 1.54) is 22.6 Å². The van der Waals surface area contributed by atoms with Crippen molar-refractivity contribution in [2.75, 3.05) is 19.6 Å². The largest absolute Gasteiger partial charge is 0.357 e. The van der Waals surface area contributed by atoms with Gasteiger partial charge in [0, 0.05) is 38.4 Å². The molecule has 7 nitrogen and oxygen atoms in total. The minimum atomic E-state index is -0.0140. The van der Waals surface area contributed by atoms with Crippen molar-refractivity contribution < 1.29 is 4.79 Å². The second kappa shape index (κ2) is 12.8. The van der Waals surface area contributed by atoms with Gasteiger partial charge in [0.2, 0.25) is 0 Å². The predicted octanol–water partition coefficient (Wildman–Crippen LogP) is 3.02. The van der Waals surface area contributed by atoms with E-state index in [4.69, 9.17) is 0 Å². The van der Waals surface area contributed by atoms with Crippen molar-refractivity contribution >= 4 is 47.2 Å². The zero-order valence-electron chi connectivity index (χ0n) is 17.9. The van der Waals surface area contributed by atoms with Crippen LogP contribution >= 0.6 is 35.3 Å². The number of thiophene rings is 1. The molecule has 1 atom stereocenters. The highest BCUT2D eigenvalue weighted by atomic mass is 127. The lowest BCUT2D eigenvalue weighted by atomic mass is 10.1. The molecule has 0 bridgehead atoms. The van der Waals surface area contributed by atoms with E-state index < -0.39 is 0 Å². The third kappa shape index (κ3) is 7.96. The first-order valence-electron chi connectivity index (χ1n) is 9.78. The van der Waals surface area contributed by atoms with Crippen LogP contribution in [0.5, 0.6) is 0 Å². The first-order valence-corrected chi connectivity index (χ1v) is 10.7. The molecule has 9 heteroatoms. The quantitative estimate of drug-likeness (QED) is 0.201. The summed E-state index contributed by atoms with van der Waals surface area (Å²) in [6, 6.07) is 3.95. The molecule has 1 amide bonds. The molecule has 0 saturated carbocycles. The van der Waals surface area contributed by atoms with Crippen LogP contribution in [0.15, 0.2) is 22.5 Å². The normalized spacial score (nSPS) is 12.2. The Bertz CT molecular complexity index is 787. The summed E-state index contributed by atoms with van der Waals surface area (Å²) in [6.45, 7) is 10.4. The average Bonchev–Trinajstić information content (AvgIpc) is 3.26. The van der Waals surface area contributed by atoms with E-state index in [-0.39, 0.29) is 35.9 Å². The highest BCUT2D eigenvalue weighted by Gasteiger charge is 2.14. The molecule has 2 heterocycles. The molecule has 2 aromatic heterocycles. The van der Waals surface area contributed by atoms with Gasteiger partial charge in [-0.1, -0.05) is 6.07 Å². The third-order valence-corrected chi connectivity index (χ3v) is 5.40. The fourth-order valence-corrected chi connectivity index (χ4v) is 3.63. The first-order chi connectivity index (χ1) is 13.4. The maximum atomic E-state index is 11.9. The number of aryl methyl sites for hydroxylation is 2. The van der Waals surface area contributed by atoms with Crippen LogP contribution in [-0.2, 0) is 13.5 Å². The topological polar surface area (TPSA) is 83.3 Å². The number of amides is 1. The van der Waals surface area contributed by atoms with Gasteiger partial charge in [0.15, 0.2) is 5.96 Å². The van der Waals surface area contributed by atoms with Crippen molar-refractivity contribution in [1.82, 2.24) is 25.7 Å². The van der Waals surface area contributed by atoms with Crippen molar-refractivity contribution in [3.05, 3.63) is 39.3 Å². The lowest BCUT2D eigenvalue weighted by Gasteiger charge is -2.18. The minimum absolute atomic E-state index is 0. The van der Waals surface area contributed by atoms with Gasteiger partial charge in [-0.25, -0.2) is 0 Å². The molecule has 2 aromatic rings. The van der Waals surface area contributed by atoms with Gasteiger partial charge in [-0.15, -0.1) is 35.3 Å². The molecule has 0 fully saturated rings. The van der Waals surface area contributed by atoms with Crippen molar-refractivity contribution in [2.24, 2.45) is 12.0 Å². The Morgan fingerprint density at radius 3 is 2.69 bits per heavy atom. The second-order valence-corrected chi connectivity index (χ2v) is 7.82. The van der Waals surface area contributed by atoms with E-state index in [1.54, 1.807) is 0 Å². The average molecular weight is 532 g/mol. The Morgan fingerprint density at radius 2 is 2.10 bits per heavy atom. The van der Waals surface area contributed by atoms with E-state index in [0.717, 1.165) is 35.9 Å². The van der Waals surface area contributed by atoms with E-state index in [1.807, 2.05) is 29.2 Å². The first kappa shape index (κ1) is 25.4. The third-order valence-electron chi connectivity index (χ3n) is 4.53. The smallest absolute Gasteiger partial charge is 0.261 e. The maximum absolute atomic E-state index is 11.9. The predicted molar refractivity (Wildman–Crippen MR) is 132 cm³/mol. The summed E-state index contributed by atoms with van der Waals surface area (Å²) in [5.41, 5.74) is 3.57. The number of rotatable bonds is 9. The second-order valence-electron chi connectivity index (χ2n) is 6.87. The summed E-state index contributed by atoms with van der Waals surface area (Å²) < 4.78 is 1.93. The molecule has 29 heavy (non-hydrogen) atoms. The maximum Gasteiger partial charge on any atom is 0.261 e. The number of carbonyl (C=O) groups excluding carboxylic acids is 1. The van der Waals surface area contributed by atoms with E-state index in [9.17, 15) is 4.79 Å². The van der Waals surface area contributed by atoms with Gasteiger partial charge in [-0.2, -0.15) is 5.10 Å². The van der Waals surface area contributed by atoms with Crippen LogP contribution < -0.4 is 16.0 Å². The molecule has 1 unspecified atom stereocenters. The van der Waals surface area contributed by atoms with E-state index >= 15 is 0 Å². The van der Waals surface area contributed by atoms with E-state index in [2.05, 4.69) is 53.7 Å². The fourth-order valence-electron chi connectivity index (χ4n) is 2.99. The number of aliphatic imine (C=N–C) groups is 1. The van der Waals surface area contributed by atoms with Gasteiger partial charge < -0.3 is 16.0 Å². The number of hydrogen-bond acceptors (Lipinski definition) is 4. The zero-order chi connectivity index (χ0) is 20.5. The number of nitrogens with zero attached hydrogens (tertiary/aromatic N) is 3. The molecule has 0 aliphatic carbocycles. The monoisotopic (exact) mass is 532 g/mol. The Morgan fingerprint density at radius 1 is 1.34 bits per heavy atom. The molecular weight excluding hydrogens is 499 g/mol. The molecule has 0 aliphatic heterocycles.